The zero-order valence-corrected chi connectivity index (χ0v) is 11.8. The van der Waals surface area contributed by atoms with E-state index in [0.29, 0.717) is 31.0 Å². The first-order valence-electron chi connectivity index (χ1n) is 6.55. The van der Waals surface area contributed by atoms with E-state index in [1.807, 2.05) is 19.9 Å². The van der Waals surface area contributed by atoms with Crippen LogP contribution in [0.3, 0.4) is 0 Å². The molecule has 0 N–H and O–H groups in total. The summed E-state index contributed by atoms with van der Waals surface area (Å²) in [7, 11) is 0. The zero-order chi connectivity index (χ0) is 14.6. The highest BCUT2D eigenvalue weighted by molar-refractivity contribution is 5.78. The van der Waals surface area contributed by atoms with Gasteiger partial charge in [0.1, 0.15) is 5.75 Å². The van der Waals surface area contributed by atoms with Gasteiger partial charge in [0, 0.05) is 13.1 Å². The van der Waals surface area contributed by atoms with Crippen LogP contribution in [0.1, 0.15) is 19.4 Å². The summed E-state index contributed by atoms with van der Waals surface area (Å²) in [6, 6.07) is 8.74. The third kappa shape index (κ3) is 3.72. The monoisotopic (exact) mass is 274 g/mol. The molecule has 0 aromatic heterocycles. The Labute approximate surface area is 118 Å². The van der Waals surface area contributed by atoms with Crippen molar-refractivity contribution in [2.75, 3.05) is 26.3 Å². The Morgan fingerprint density at radius 3 is 2.75 bits per heavy atom. The second-order valence-corrected chi connectivity index (χ2v) is 5.35. The van der Waals surface area contributed by atoms with E-state index >= 15 is 0 Å². The molecule has 0 unspecified atom stereocenters. The van der Waals surface area contributed by atoms with Crippen molar-refractivity contribution in [3.63, 3.8) is 0 Å². The fraction of sp³-hybridized carbons (Fsp3) is 0.467. The first-order valence-corrected chi connectivity index (χ1v) is 6.55. The summed E-state index contributed by atoms with van der Waals surface area (Å²) in [4.78, 5) is 13.8. The summed E-state index contributed by atoms with van der Waals surface area (Å²) >= 11 is 0. The van der Waals surface area contributed by atoms with Crippen molar-refractivity contribution in [2.45, 2.75) is 19.4 Å². The van der Waals surface area contributed by atoms with E-state index in [1.165, 1.54) is 0 Å². The molecule has 1 fully saturated rings. The van der Waals surface area contributed by atoms with Gasteiger partial charge in [-0.1, -0.05) is 0 Å². The lowest BCUT2D eigenvalue weighted by Crippen LogP contribution is -2.51. The number of benzene rings is 1. The molecular formula is C15H18N2O3. The minimum atomic E-state index is -0.303. The average Bonchev–Trinajstić information content (AvgIpc) is 2.44. The van der Waals surface area contributed by atoms with Gasteiger partial charge in [-0.2, -0.15) is 5.26 Å². The van der Waals surface area contributed by atoms with E-state index in [2.05, 4.69) is 0 Å². The number of amides is 1. The van der Waals surface area contributed by atoms with Gasteiger partial charge >= 0.3 is 0 Å². The van der Waals surface area contributed by atoms with Gasteiger partial charge in [-0.15, -0.1) is 0 Å². The van der Waals surface area contributed by atoms with E-state index in [0.717, 1.165) is 0 Å². The summed E-state index contributed by atoms with van der Waals surface area (Å²) in [5.41, 5.74) is 0.265. The van der Waals surface area contributed by atoms with Crippen LogP contribution < -0.4 is 4.74 Å². The van der Waals surface area contributed by atoms with Gasteiger partial charge < -0.3 is 14.4 Å². The first kappa shape index (κ1) is 14.4. The lowest BCUT2D eigenvalue weighted by Gasteiger charge is -2.38. The van der Waals surface area contributed by atoms with Crippen LogP contribution in [0.2, 0.25) is 0 Å². The molecule has 0 radical (unpaired) electrons. The zero-order valence-electron chi connectivity index (χ0n) is 11.8. The largest absolute Gasteiger partial charge is 0.484 e. The second kappa shape index (κ2) is 5.93. The summed E-state index contributed by atoms with van der Waals surface area (Å²) in [6.07, 6.45) is 0. The quantitative estimate of drug-likeness (QED) is 0.839. The van der Waals surface area contributed by atoms with E-state index in [-0.39, 0.29) is 18.1 Å². The minimum Gasteiger partial charge on any atom is -0.484 e. The number of carbonyl (C=O) groups is 1. The molecule has 0 saturated carbocycles. The number of hydrogen-bond acceptors (Lipinski definition) is 4. The number of morpholine rings is 1. The number of nitrogens with zero attached hydrogens (tertiary/aromatic N) is 2. The van der Waals surface area contributed by atoms with Crippen LogP contribution in [0.5, 0.6) is 5.75 Å². The molecule has 0 spiro atoms. The minimum absolute atomic E-state index is 0.00196. The Hall–Kier alpha value is -2.06. The van der Waals surface area contributed by atoms with Crippen LogP contribution in [-0.2, 0) is 9.53 Å². The Kier molecular flexibility index (Phi) is 4.26. The maximum Gasteiger partial charge on any atom is 0.260 e. The van der Waals surface area contributed by atoms with Crippen molar-refractivity contribution in [1.82, 2.24) is 4.90 Å². The molecule has 1 aromatic carbocycles. The van der Waals surface area contributed by atoms with Gasteiger partial charge in [-0.3, -0.25) is 4.79 Å². The molecule has 1 heterocycles. The molecule has 0 aliphatic carbocycles. The topological polar surface area (TPSA) is 62.6 Å². The molecule has 0 atom stereocenters. The molecular weight excluding hydrogens is 256 g/mol. The van der Waals surface area contributed by atoms with Crippen molar-refractivity contribution < 1.29 is 14.3 Å². The number of nitriles is 1. The third-order valence-corrected chi connectivity index (χ3v) is 3.12. The molecule has 106 valence electrons. The van der Waals surface area contributed by atoms with Gasteiger partial charge in [-0.05, 0) is 38.1 Å². The van der Waals surface area contributed by atoms with Crippen molar-refractivity contribution in [2.24, 2.45) is 0 Å². The number of ether oxygens (including phenoxy) is 2. The molecule has 1 aliphatic rings. The van der Waals surface area contributed by atoms with Crippen LogP contribution in [0, 0.1) is 11.3 Å². The van der Waals surface area contributed by atoms with Crippen LogP contribution >= 0.6 is 0 Å². The third-order valence-electron chi connectivity index (χ3n) is 3.12. The maximum absolute atomic E-state index is 12.1. The Bertz CT molecular complexity index is 517. The smallest absolute Gasteiger partial charge is 0.260 e. The van der Waals surface area contributed by atoms with Crippen LogP contribution in [0.25, 0.3) is 0 Å². The maximum atomic E-state index is 12.1. The van der Waals surface area contributed by atoms with Gasteiger partial charge in [0.05, 0.1) is 23.8 Å². The highest BCUT2D eigenvalue weighted by atomic mass is 16.5. The number of hydrogen-bond donors (Lipinski definition) is 0. The van der Waals surface area contributed by atoms with E-state index in [4.69, 9.17) is 14.7 Å². The Morgan fingerprint density at radius 1 is 1.45 bits per heavy atom. The summed E-state index contributed by atoms with van der Waals surface area (Å²) in [6.45, 7) is 5.65. The Balaban J connectivity index is 1.87. The van der Waals surface area contributed by atoms with Crippen molar-refractivity contribution in [1.29, 1.82) is 5.26 Å². The summed E-state index contributed by atoms with van der Waals surface area (Å²) in [5.74, 6) is 0.538. The SMILES string of the molecule is CC1(C)CN(C(=O)COc2ccc(C#N)cc2)CCO1. The van der Waals surface area contributed by atoms with Crippen LogP contribution in [0.4, 0.5) is 0 Å². The van der Waals surface area contributed by atoms with Crippen LogP contribution in [-0.4, -0.2) is 42.7 Å². The molecule has 1 aliphatic heterocycles. The van der Waals surface area contributed by atoms with E-state index in [1.54, 1.807) is 29.2 Å². The van der Waals surface area contributed by atoms with Gasteiger partial charge in [-0.25, -0.2) is 0 Å². The van der Waals surface area contributed by atoms with E-state index < -0.39 is 0 Å². The normalized spacial score (nSPS) is 17.4. The second-order valence-electron chi connectivity index (χ2n) is 5.35. The molecule has 5 heteroatoms. The number of rotatable bonds is 3. The van der Waals surface area contributed by atoms with Crippen LogP contribution in [0.15, 0.2) is 24.3 Å². The predicted molar refractivity (Wildman–Crippen MR) is 73.3 cm³/mol. The van der Waals surface area contributed by atoms with Crippen molar-refractivity contribution in [3.05, 3.63) is 29.8 Å². The summed E-state index contributed by atoms with van der Waals surface area (Å²) in [5, 5.41) is 8.70. The first-order chi connectivity index (χ1) is 9.50. The van der Waals surface area contributed by atoms with Gasteiger partial charge in [0.25, 0.3) is 5.91 Å². The van der Waals surface area contributed by atoms with Crippen molar-refractivity contribution >= 4 is 5.91 Å². The van der Waals surface area contributed by atoms with Crippen molar-refractivity contribution in [3.8, 4) is 11.8 Å². The Morgan fingerprint density at radius 2 is 2.15 bits per heavy atom. The standard InChI is InChI=1S/C15H18N2O3/c1-15(2)11-17(7-8-20-15)14(18)10-19-13-5-3-12(9-16)4-6-13/h3-6H,7-8,10-11H2,1-2H3. The molecule has 1 aromatic rings. The fourth-order valence-corrected chi connectivity index (χ4v) is 2.09. The molecule has 2 rings (SSSR count). The average molecular weight is 274 g/mol. The lowest BCUT2D eigenvalue weighted by atomic mass is 10.1. The highest BCUT2D eigenvalue weighted by Gasteiger charge is 2.29. The molecule has 20 heavy (non-hydrogen) atoms. The highest BCUT2D eigenvalue weighted by Crippen LogP contribution is 2.17. The molecule has 1 amide bonds. The fourth-order valence-electron chi connectivity index (χ4n) is 2.09. The molecule has 0 bridgehead atoms. The van der Waals surface area contributed by atoms with Gasteiger partial charge in [0.2, 0.25) is 0 Å². The number of carbonyl (C=O) groups excluding carboxylic acids is 1. The van der Waals surface area contributed by atoms with Gasteiger partial charge in [0.15, 0.2) is 6.61 Å². The molecule has 1 saturated heterocycles. The lowest BCUT2D eigenvalue weighted by molar-refractivity contribution is -0.147. The predicted octanol–water partition coefficient (Wildman–Crippen LogP) is 1.57. The molecule has 5 nitrogen and oxygen atoms in total. The summed E-state index contributed by atoms with van der Waals surface area (Å²) < 4.78 is 11.0. The van der Waals surface area contributed by atoms with E-state index in [9.17, 15) is 4.79 Å².